The lowest BCUT2D eigenvalue weighted by molar-refractivity contribution is -0.139. The second-order valence-electron chi connectivity index (χ2n) is 5.78. The number of nitrogens with one attached hydrogen (secondary N) is 1. The van der Waals surface area contributed by atoms with Gasteiger partial charge in [0, 0.05) is 4.91 Å². The molecule has 3 rings (SSSR count). The minimum atomic E-state index is -0.553. The summed E-state index contributed by atoms with van der Waals surface area (Å²) in [5.41, 5.74) is 0.906. The standard InChI is InChI=1S/C19H19N3O5S/c1-5-27-18(24)15-10(2)28-19-21-17(23)12(16(20)22(15)19)8-11-6-7-13(25-3)14(9-11)26-4/h6-9,20H,5H2,1-4H3. The van der Waals surface area contributed by atoms with E-state index in [1.54, 1.807) is 32.0 Å². The molecule has 0 atom stereocenters. The zero-order valence-corrected chi connectivity index (χ0v) is 16.7. The fourth-order valence-corrected chi connectivity index (χ4v) is 3.75. The van der Waals surface area contributed by atoms with E-state index in [-0.39, 0.29) is 28.9 Å². The first kappa shape index (κ1) is 19.7. The lowest BCUT2D eigenvalue weighted by Crippen LogP contribution is -2.40. The number of hydrogen-bond donors (Lipinski definition) is 1. The van der Waals surface area contributed by atoms with Gasteiger partial charge in [0.2, 0.25) is 0 Å². The van der Waals surface area contributed by atoms with Gasteiger partial charge >= 0.3 is 5.97 Å². The van der Waals surface area contributed by atoms with Gasteiger partial charge in [-0.05, 0) is 37.6 Å². The molecule has 0 bridgehead atoms. The Morgan fingerprint density at radius 1 is 1.29 bits per heavy atom. The summed E-state index contributed by atoms with van der Waals surface area (Å²) in [6.45, 7) is 3.65. The van der Waals surface area contributed by atoms with Crippen molar-refractivity contribution in [2.24, 2.45) is 4.99 Å². The molecule has 2 aliphatic rings. The second-order valence-corrected chi connectivity index (χ2v) is 6.96. The summed E-state index contributed by atoms with van der Waals surface area (Å²) in [5.74, 6) is -0.180. The van der Waals surface area contributed by atoms with E-state index < -0.39 is 11.9 Å². The van der Waals surface area contributed by atoms with Crippen LogP contribution >= 0.6 is 11.8 Å². The summed E-state index contributed by atoms with van der Waals surface area (Å²) in [5, 5.41) is 8.80. The Labute approximate surface area is 166 Å². The summed E-state index contributed by atoms with van der Waals surface area (Å²) in [7, 11) is 3.04. The zero-order chi connectivity index (χ0) is 20.4. The topological polar surface area (TPSA) is 101 Å². The molecule has 146 valence electrons. The number of amidine groups is 2. The van der Waals surface area contributed by atoms with E-state index in [1.165, 1.54) is 37.0 Å². The smallest absolute Gasteiger partial charge is 0.356 e. The summed E-state index contributed by atoms with van der Waals surface area (Å²) < 4.78 is 15.6. The van der Waals surface area contributed by atoms with Crippen LogP contribution in [0.1, 0.15) is 19.4 Å². The Bertz CT molecular complexity index is 964. The molecule has 0 saturated heterocycles. The number of amides is 1. The van der Waals surface area contributed by atoms with E-state index >= 15 is 0 Å². The molecule has 1 aromatic rings. The predicted octanol–water partition coefficient (Wildman–Crippen LogP) is 2.80. The Morgan fingerprint density at radius 3 is 2.64 bits per heavy atom. The van der Waals surface area contributed by atoms with E-state index in [4.69, 9.17) is 19.6 Å². The molecule has 0 saturated carbocycles. The SMILES string of the molecule is CCOC(=O)C1=C(C)SC2=NC(=O)C(=Cc3ccc(OC)c(OC)c3)C(=N)N21. The lowest BCUT2D eigenvalue weighted by Gasteiger charge is -2.25. The first-order valence-electron chi connectivity index (χ1n) is 8.42. The minimum Gasteiger partial charge on any atom is -0.493 e. The van der Waals surface area contributed by atoms with Crippen molar-refractivity contribution in [2.45, 2.75) is 13.8 Å². The Balaban J connectivity index is 2.01. The number of allylic oxidation sites excluding steroid dienone is 1. The summed E-state index contributed by atoms with van der Waals surface area (Å²) in [6, 6.07) is 5.13. The van der Waals surface area contributed by atoms with Crippen molar-refractivity contribution >= 4 is 40.7 Å². The number of carbonyl (C=O) groups is 2. The van der Waals surface area contributed by atoms with Crippen LogP contribution in [-0.4, -0.2) is 48.6 Å². The van der Waals surface area contributed by atoms with Gasteiger partial charge in [0.1, 0.15) is 11.5 Å². The monoisotopic (exact) mass is 401 g/mol. The normalized spacial score (nSPS) is 17.6. The number of ether oxygens (including phenoxy) is 3. The third-order valence-electron chi connectivity index (χ3n) is 4.09. The number of hydrogen-bond acceptors (Lipinski definition) is 7. The molecule has 0 radical (unpaired) electrons. The van der Waals surface area contributed by atoms with Crippen molar-refractivity contribution < 1.29 is 23.8 Å². The number of nitrogens with zero attached hydrogens (tertiary/aromatic N) is 2. The number of thioether (sulfide) groups is 1. The number of fused-ring (bicyclic) bond motifs is 1. The number of rotatable bonds is 5. The first-order valence-corrected chi connectivity index (χ1v) is 9.24. The van der Waals surface area contributed by atoms with Gasteiger partial charge in [-0.1, -0.05) is 17.8 Å². The molecule has 0 unspecified atom stereocenters. The molecular weight excluding hydrogens is 382 g/mol. The fraction of sp³-hybridized carbons (Fsp3) is 0.263. The van der Waals surface area contributed by atoms with Crippen molar-refractivity contribution in [1.82, 2.24) is 4.90 Å². The van der Waals surface area contributed by atoms with Gasteiger partial charge in [-0.15, -0.1) is 0 Å². The van der Waals surface area contributed by atoms with E-state index in [0.29, 0.717) is 22.0 Å². The fourth-order valence-electron chi connectivity index (χ4n) is 2.81. The van der Waals surface area contributed by atoms with Gasteiger partial charge in [0.15, 0.2) is 16.7 Å². The molecule has 1 N–H and O–H groups in total. The highest BCUT2D eigenvalue weighted by molar-refractivity contribution is 8.17. The number of esters is 1. The molecule has 0 aliphatic carbocycles. The van der Waals surface area contributed by atoms with E-state index in [9.17, 15) is 9.59 Å². The van der Waals surface area contributed by atoms with Crippen LogP contribution in [0.5, 0.6) is 11.5 Å². The van der Waals surface area contributed by atoms with Crippen molar-refractivity contribution in [3.8, 4) is 11.5 Å². The minimum absolute atomic E-state index is 0.0630. The highest BCUT2D eigenvalue weighted by Gasteiger charge is 2.41. The molecule has 8 nitrogen and oxygen atoms in total. The molecule has 28 heavy (non-hydrogen) atoms. The van der Waals surface area contributed by atoms with E-state index in [1.807, 2.05) is 0 Å². The summed E-state index contributed by atoms with van der Waals surface area (Å²) in [4.78, 5) is 30.9. The van der Waals surface area contributed by atoms with Crippen molar-refractivity contribution in [3.63, 3.8) is 0 Å². The van der Waals surface area contributed by atoms with Crippen LogP contribution in [0, 0.1) is 5.41 Å². The van der Waals surface area contributed by atoms with Crippen LogP contribution in [0.4, 0.5) is 0 Å². The maximum atomic E-state index is 12.5. The number of benzene rings is 1. The number of aliphatic imine (C=N–C) groups is 1. The van der Waals surface area contributed by atoms with Gasteiger partial charge in [-0.25, -0.2) is 4.79 Å². The molecule has 0 aromatic heterocycles. The average molecular weight is 401 g/mol. The summed E-state index contributed by atoms with van der Waals surface area (Å²) in [6.07, 6.45) is 1.54. The Morgan fingerprint density at radius 2 is 2.00 bits per heavy atom. The third kappa shape index (κ3) is 3.40. The van der Waals surface area contributed by atoms with Crippen LogP contribution in [0.15, 0.2) is 39.4 Å². The third-order valence-corrected chi connectivity index (χ3v) is 5.04. The molecule has 9 heteroatoms. The first-order chi connectivity index (χ1) is 13.4. The van der Waals surface area contributed by atoms with Crippen LogP contribution in [0.2, 0.25) is 0 Å². The highest BCUT2D eigenvalue weighted by Crippen LogP contribution is 2.38. The van der Waals surface area contributed by atoms with Gasteiger partial charge in [-0.2, -0.15) is 4.99 Å². The predicted molar refractivity (Wildman–Crippen MR) is 106 cm³/mol. The molecule has 2 heterocycles. The molecule has 1 aromatic carbocycles. The molecule has 0 fully saturated rings. The molecule has 2 aliphatic heterocycles. The van der Waals surface area contributed by atoms with Gasteiger partial charge in [0.25, 0.3) is 5.91 Å². The van der Waals surface area contributed by atoms with Crippen LogP contribution < -0.4 is 9.47 Å². The Hall–Kier alpha value is -3.07. The maximum absolute atomic E-state index is 12.5. The van der Waals surface area contributed by atoms with Crippen LogP contribution in [-0.2, 0) is 14.3 Å². The number of methoxy groups -OCH3 is 2. The summed E-state index contributed by atoms with van der Waals surface area (Å²) >= 11 is 1.17. The molecule has 1 amide bonds. The van der Waals surface area contributed by atoms with Crippen LogP contribution in [0.3, 0.4) is 0 Å². The van der Waals surface area contributed by atoms with Gasteiger partial charge < -0.3 is 14.2 Å². The lowest BCUT2D eigenvalue weighted by atomic mass is 10.1. The zero-order valence-electron chi connectivity index (χ0n) is 15.9. The quantitative estimate of drug-likeness (QED) is 0.598. The molecular formula is C19H19N3O5S. The van der Waals surface area contributed by atoms with E-state index in [0.717, 1.165) is 0 Å². The maximum Gasteiger partial charge on any atom is 0.356 e. The van der Waals surface area contributed by atoms with Crippen molar-refractivity contribution in [2.75, 3.05) is 20.8 Å². The van der Waals surface area contributed by atoms with E-state index in [2.05, 4.69) is 4.99 Å². The Kier molecular flexibility index (Phi) is 5.55. The van der Waals surface area contributed by atoms with Gasteiger partial charge in [0.05, 0.1) is 26.4 Å². The molecule has 0 spiro atoms. The van der Waals surface area contributed by atoms with Crippen molar-refractivity contribution in [3.05, 3.63) is 39.9 Å². The van der Waals surface area contributed by atoms with Gasteiger partial charge in [-0.3, -0.25) is 15.1 Å². The van der Waals surface area contributed by atoms with Crippen molar-refractivity contribution in [1.29, 1.82) is 5.41 Å². The second kappa shape index (κ2) is 7.89. The number of carbonyl (C=O) groups excluding carboxylic acids is 2. The highest BCUT2D eigenvalue weighted by atomic mass is 32.2. The van der Waals surface area contributed by atoms with Crippen LogP contribution in [0.25, 0.3) is 6.08 Å². The average Bonchev–Trinajstić information content (AvgIpc) is 3.00. The largest absolute Gasteiger partial charge is 0.493 e.